The van der Waals surface area contributed by atoms with Gasteiger partial charge in [0.25, 0.3) is 5.69 Å². The Labute approximate surface area is 140 Å². The second kappa shape index (κ2) is 7.11. The Morgan fingerprint density at radius 2 is 1.91 bits per heavy atom. The van der Waals surface area contributed by atoms with Gasteiger partial charge in [-0.2, -0.15) is 0 Å². The largest absolute Gasteiger partial charge is 0.386 e. The van der Waals surface area contributed by atoms with Gasteiger partial charge in [-0.1, -0.05) is 40.9 Å². The van der Waals surface area contributed by atoms with Crippen molar-refractivity contribution in [3.8, 4) is 0 Å². The van der Waals surface area contributed by atoms with E-state index in [-0.39, 0.29) is 23.1 Å². The highest BCUT2D eigenvalue weighted by Gasteiger charge is 2.17. The SMILES string of the molecule is O=[N+]([O-])c1cnc(NCC(O)c2c(Cl)cccc2Cl)c(Cl)c1. The molecule has 1 unspecified atom stereocenters. The van der Waals surface area contributed by atoms with E-state index in [1.54, 1.807) is 18.2 Å². The van der Waals surface area contributed by atoms with E-state index in [1.807, 2.05) is 0 Å². The molecule has 9 heteroatoms. The van der Waals surface area contributed by atoms with E-state index in [4.69, 9.17) is 34.8 Å². The normalized spacial score (nSPS) is 12.0. The van der Waals surface area contributed by atoms with E-state index in [0.717, 1.165) is 6.20 Å². The lowest BCUT2D eigenvalue weighted by molar-refractivity contribution is -0.385. The molecule has 116 valence electrons. The molecule has 0 aliphatic rings. The molecule has 1 heterocycles. The fraction of sp³-hybridized carbons (Fsp3) is 0.154. The monoisotopic (exact) mass is 361 g/mol. The number of nitro groups is 1. The number of rotatable bonds is 5. The number of hydrogen-bond acceptors (Lipinski definition) is 5. The third kappa shape index (κ3) is 3.78. The van der Waals surface area contributed by atoms with Crippen molar-refractivity contribution in [1.29, 1.82) is 0 Å². The standard InChI is InChI=1S/C13H10Cl3N3O3/c14-8-2-1-3-9(15)12(8)11(20)6-18-13-10(16)4-7(5-17-13)19(21)22/h1-5,11,20H,6H2,(H,17,18). The predicted octanol–water partition coefficient (Wildman–Crippen LogP) is 4.10. The molecular weight excluding hydrogens is 353 g/mol. The van der Waals surface area contributed by atoms with Gasteiger partial charge in [0, 0.05) is 28.2 Å². The zero-order valence-corrected chi connectivity index (χ0v) is 13.2. The third-order valence-corrected chi connectivity index (χ3v) is 3.78. The predicted molar refractivity (Wildman–Crippen MR) is 85.8 cm³/mol. The molecule has 0 aliphatic heterocycles. The molecule has 0 saturated heterocycles. The van der Waals surface area contributed by atoms with E-state index in [0.29, 0.717) is 15.6 Å². The Morgan fingerprint density at radius 1 is 1.27 bits per heavy atom. The van der Waals surface area contributed by atoms with Gasteiger partial charge in [0.05, 0.1) is 16.0 Å². The number of benzene rings is 1. The number of aromatic nitrogens is 1. The van der Waals surface area contributed by atoms with Crippen LogP contribution in [0, 0.1) is 10.1 Å². The van der Waals surface area contributed by atoms with Gasteiger partial charge >= 0.3 is 0 Å². The summed E-state index contributed by atoms with van der Waals surface area (Å²) >= 11 is 17.9. The minimum absolute atomic E-state index is 0.0357. The number of halogens is 3. The Kier molecular flexibility index (Phi) is 5.42. The third-order valence-electron chi connectivity index (χ3n) is 2.83. The van der Waals surface area contributed by atoms with Gasteiger partial charge < -0.3 is 10.4 Å². The van der Waals surface area contributed by atoms with Crippen molar-refractivity contribution in [3.63, 3.8) is 0 Å². The Balaban J connectivity index is 2.11. The minimum atomic E-state index is -0.991. The molecule has 0 aliphatic carbocycles. The molecule has 0 spiro atoms. The number of pyridine rings is 1. The maximum absolute atomic E-state index is 10.6. The number of hydrogen-bond donors (Lipinski definition) is 2. The molecule has 0 amide bonds. The first kappa shape index (κ1) is 16.8. The van der Waals surface area contributed by atoms with Crippen LogP contribution in [0.2, 0.25) is 15.1 Å². The van der Waals surface area contributed by atoms with Gasteiger partial charge in [0.2, 0.25) is 0 Å². The van der Waals surface area contributed by atoms with E-state index in [2.05, 4.69) is 10.3 Å². The van der Waals surface area contributed by atoms with E-state index in [9.17, 15) is 15.2 Å². The second-order valence-electron chi connectivity index (χ2n) is 4.31. The molecule has 0 fully saturated rings. The Bertz CT molecular complexity index is 692. The number of aliphatic hydroxyl groups is 1. The van der Waals surface area contributed by atoms with Gasteiger partial charge in [-0.15, -0.1) is 0 Å². The molecule has 0 saturated carbocycles. The second-order valence-corrected chi connectivity index (χ2v) is 5.53. The molecule has 1 atom stereocenters. The molecule has 1 aromatic heterocycles. The van der Waals surface area contributed by atoms with Crippen molar-refractivity contribution in [2.75, 3.05) is 11.9 Å². The van der Waals surface area contributed by atoms with Crippen LogP contribution in [0.15, 0.2) is 30.5 Å². The Hall–Kier alpha value is -1.60. The summed E-state index contributed by atoms with van der Waals surface area (Å²) in [5, 5.41) is 24.3. The summed E-state index contributed by atoms with van der Waals surface area (Å²) < 4.78 is 0. The lowest BCUT2D eigenvalue weighted by atomic mass is 10.1. The molecule has 6 nitrogen and oxygen atoms in total. The van der Waals surface area contributed by atoms with E-state index < -0.39 is 11.0 Å². The summed E-state index contributed by atoms with van der Waals surface area (Å²) in [5.74, 6) is 0.217. The molecule has 2 N–H and O–H groups in total. The van der Waals surface area contributed by atoms with Crippen molar-refractivity contribution in [1.82, 2.24) is 4.98 Å². The fourth-order valence-corrected chi connectivity index (χ4v) is 2.66. The summed E-state index contributed by atoms with van der Waals surface area (Å²) in [5.41, 5.74) is 0.168. The van der Waals surface area contributed by atoms with Crippen LogP contribution >= 0.6 is 34.8 Å². The first-order chi connectivity index (χ1) is 10.4. The quantitative estimate of drug-likeness (QED) is 0.617. The van der Waals surface area contributed by atoms with Crippen LogP contribution in [-0.2, 0) is 0 Å². The lowest BCUT2D eigenvalue weighted by Gasteiger charge is -2.16. The van der Waals surface area contributed by atoms with Crippen molar-refractivity contribution in [2.45, 2.75) is 6.10 Å². The molecule has 2 rings (SSSR count). The van der Waals surface area contributed by atoms with Gasteiger partial charge in [0.1, 0.15) is 12.0 Å². The number of nitrogens with zero attached hydrogens (tertiary/aromatic N) is 2. The smallest absolute Gasteiger partial charge is 0.289 e. The summed E-state index contributed by atoms with van der Waals surface area (Å²) in [6.07, 6.45) is 0.0811. The van der Waals surface area contributed by atoms with Crippen molar-refractivity contribution in [2.24, 2.45) is 0 Å². The summed E-state index contributed by atoms with van der Waals surface area (Å²) in [7, 11) is 0. The average molecular weight is 363 g/mol. The topological polar surface area (TPSA) is 88.3 Å². The number of nitrogens with one attached hydrogen (secondary N) is 1. The maximum atomic E-state index is 10.6. The summed E-state index contributed by atoms with van der Waals surface area (Å²) in [4.78, 5) is 13.9. The highest BCUT2D eigenvalue weighted by atomic mass is 35.5. The zero-order valence-electron chi connectivity index (χ0n) is 11.0. The van der Waals surface area contributed by atoms with Crippen molar-refractivity contribution < 1.29 is 10.0 Å². The average Bonchev–Trinajstić information content (AvgIpc) is 2.45. The molecular formula is C13H10Cl3N3O3. The summed E-state index contributed by atoms with van der Waals surface area (Å²) in [6, 6.07) is 6.07. The van der Waals surface area contributed by atoms with Crippen LogP contribution in [0.25, 0.3) is 0 Å². The number of aliphatic hydroxyl groups excluding tert-OH is 1. The van der Waals surface area contributed by atoms with Gasteiger partial charge in [-0.3, -0.25) is 10.1 Å². The Morgan fingerprint density at radius 3 is 2.45 bits per heavy atom. The van der Waals surface area contributed by atoms with Crippen LogP contribution in [0.5, 0.6) is 0 Å². The highest BCUT2D eigenvalue weighted by molar-refractivity contribution is 6.36. The maximum Gasteiger partial charge on any atom is 0.289 e. The van der Waals surface area contributed by atoms with Gasteiger partial charge in [-0.05, 0) is 12.1 Å². The molecule has 0 radical (unpaired) electrons. The van der Waals surface area contributed by atoms with Crippen LogP contribution in [0.1, 0.15) is 11.7 Å². The van der Waals surface area contributed by atoms with Gasteiger partial charge in [-0.25, -0.2) is 4.98 Å². The first-order valence-electron chi connectivity index (χ1n) is 6.06. The lowest BCUT2D eigenvalue weighted by Crippen LogP contribution is -2.14. The first-order valence-corrected chi connectivity index (χ1v) is 7.19. The van der Waals surface area contributed by atoms with Crippen LogP contribution in [0.4, 0.5) is 11.5 Å². The number of anilines is 1. The molecule has 0 bridgehead atoms. The summed E-state index contributed by atoms with van der Waals surface area (Å²) in [6.45, 7) is 0.0357. The van der Waals surface area contributed by atoms with E-state index >= 15 is 0 Å². The van der Waals surface area contributed by atoms with Crippen LogP contribution < -0.4 is 5.32 Å². The van der Waals surface area contributed by atoms with Crippen LogP contribution in [0.3, 0.4) is 0 Å². The molecule has 22 heavy (non-hydrogen) atoms. The van der Waals surface area contributed by atoms with Crippen molar-refractivity contribution >= 4 is 46.3 Å². The zero-order chi connectivity index (χ0) is 16.3. The van der Waals surface area contributed by atoms with Crippen LogP contribution in [-0.4, -0.2) is 21.6 Å². The highest BCUT2D eigenvalue weighted by Crippen LogP contribution is 2.31. The van der Waals surface area contributed by atoms with Crippen molar-refractivity contribution in [3.05, 3.63) is 61.2 Å². The molecule has 2 aromatic rings. The molecule has 1 aromatic carbocycles. The van der Waals surface area contributed by atoms with Gasteiger partial charge in [0.15, 0.2) is 0 Å². The van der Waals surface area contributed by atoms with E-state index in [1.165, 1.54) is 6.07 Å². The fourth-order valence-electron chi connectivity index (χ4n) is 1.78. The minimum Gasteiger partial charge on any atom is -0.386 e.